The minimum absolute atomic E-state index is 0.0446. The summed E-state index contributed by atoms with van der Waals surface area (Å²) in [4.78, 5) is 17.8. The number of piperazine rings is 1. The Morgan fingerprint density at radius 2 is 1.82 bits per heavy atom. The minimum Gasteiger partial charge on any atom is -0.488 e. The molecule has 0 bridgehead atoms. The standard InChI is InChI=1S/C22H28N4O2/c1-24-21-17-9-5-6-10-19(17)28-15-18(21)20(23-24)22(27)26-13-11-25(12-14-26)16-7-3-2-4-8-16/h5-6,9-10,16H,2-4,7-8,11-15H2,1H3. The van der Waals surface area contributed by atoms with Crippen molar-refractivity contribution in [2.24, 2.45) is 7.05 Å². The van der Waals surface area contributed by atoms with Gasteiger partial charge in [0, 0.05) is 50.4 Å². The van der Waals surface area contributed by atoms with Gasteiger partial charge in [-0.3, -0.25) is 14.4 Å². The number of aromatic nitrogens is 2. The fraction of sp³-hybridized carbons (Fsp3) is 0.545. The first-order valence-corrected chi connectivity index (χ1v) is 10.5. The molecule has 1 saturated heterocycles. The molecule has 3 heterocycles. The third-order valence-electron chi connectivity index (χ3n) is 6.55. The number of hydrogen-bond donors (Lipinski definition) is 0. The van der Waals surface area contributed by atoms with E-state index >= 15 is 0 Å². The molecule has 0 radical (unpaired) electrons. The number of amides is 1. The summed E-state index contributed by atoms with van der Waals surface area (Å²) in [6.07, 6.45) is 6.72. The highest BCUT2D eigenvalue weighted by atomic mass is 16.5. The van der Waals surface area contributed by atoms with Gasteiger partial charge in [-0.15, -0.1) is 0 Å². The van der Waals surface area contributed by atoms with Crippen molar-refractivity contribution in [3.63, 3.8) is 0 Å². The van der Waals surface area contributed by atoms with Crippen molar-refractivity contribution in [3.05, 3.63) is 35.5 Å². The van der Waals surface area contributed by atoms with Crippen LogP contribution >= 0.6 is 0 Å². The third-order valence-corrected chi connectivity index (χ3v) is 6.55. The predicted octanol–water partition coefficient (Wildman–Crippen LogP) is 3.07. The average molecular weight is 380 g/mol. The van der Waals surface area contributed by atoms with Crippen LogP contribution in [0.25, 0.3) is 11.3 Å². The van der Waals surface area contributed by atoms with E-state index in [0.29, 0.717) is 12.3 Å². The largest absolute Gasteiger partial charge is 0.488 e. The molecule has 0 N–H and O–H groups in total. The summed E-state index contributed by atoms with van der Waals surface area (Å²) in [6, 6.07) is 8.69. The Bertz CT molecular complexity index is 877. The fourth-order valence-electron chi connectivity index (χ4n) is 5.04. The molecule has 148 valence electrons. The number of rotatable bonds is 2. The number of nitrogens with zero attached hydrogens (tertiary/aromatic N) is 4. The summed E-state index contributed by atoms with van der Waals surface area (Å²) >= 11 is 0. The molecule has 0 spiro atoms. The first kappa shape index (κ1) is 17.7. The number of aryl methyl sites for hydroxylation is 1. The summed E-state index contributed by atoms with van der Waals surface area (Å²) in [7, 11) is 1.92. The SMILES string of the molecule is Cn1nc(C(=O)N2CCN(C3CCCCC3)CC2)c2c1-c1ccccc1OC2. The zero-order chi connectivity index (χ0) is 19.1. The zero-order valence-electron chi connectivity index (χ0n) is 16.6. The van der Waals surface area contributed by atoms with Crippen molar-refractivity contribution in [2.45, 2.75) is 44.8 Å². The normalized spacial score (nSPS) is 20.4. The van der Waals surface area contributed by atoms with E-state index in [4.69, 9.17) is 4.74 Å². The van der Waals surface area contributed by atoms with Gasteiger partial charge >= 0.3 is 0 Å². The molecule has 1 amide bonds. The summed E-state index contributed by atoms with van der Waals surface area (Å²) in [5, 5.41) is 4.61. The van der Waals surface area contributed by atoms with Crippen LogP contribution in [0.2, 0.25) is 0 Å². The second kappa shape index (κ2) is 7.24. The van der Waals surface area contributed by atoms with Gasteiger partial charge in [-0.25, -0.2) is 0 Å². The first-order chi connectivity index (χ1) is 13.7. The summed E-state index contributed by atoms with van der Waals surface area (Å²) < 4.78 is 7.74. The molecule has 28 heavy (non-hydrogen) atoms. The van der Waals surface area contributed by atoms with Gasteiger partial charge in [-0.05, 0) is 25.0 Å². The quantitative estimate of drug-likeness (QED) is 0.803. The van der Waals surface area contributed by atoms with E-state index in [1.54, 1.807) is 0 Å². The van der Waals surface area contributed by atoms with Crippen LogP contribution in [0, 0.1) is 0 Å². The van der Waals surface area contributed by atoms with Crippen LogP contribution in [0.3, 0.4) is 0 Å². The van der Waals surface area contributed by atoms with Crippen molar-refractivity contribution < 1.29 is 9.53 Å². The highest BCUT2D eigenvalue weighted by Gasteiger charge is 2.33. The minimum atomic E-state index is 0.0446. The van der Waals surface area contributed by atoms with Gasteiger partial charge in [0.05, 0.1) is 5.69 Å². The number of hydrogen-bond acceptors (Lipinski definition) is 4. The predicted molar refractivity (Wildman–Crippen MR) is 107 cm³/mol. The van der Waals surface area contributed by atoms with Crippen molar-refractivity contribution in [1.82, 2.24) is 19.6 Å². The Kier molecular flexibility index (Phi) is 4.59. The van der Waals surface area contributed by atoms with Gasteiger partial charge in [0.2, 0.25) is 0 Å². The molecular formula is C22H28N4O2. The third kappa shape index (κ3) is 3.00. The molecule has 2 aliphatic heterocycles. The molecule has 0 unspecified atom stereocenters. The van der Waals surface area contributed by atoms with Crippen LogP contribution in [0.1, 0.15) is 48.2 Å². The van der Waals surface area contributed by atoms with Gasteiger partial charge < -0.3 is 9.64 Å². The Labute approximate surface area is 166 Å². The Morgan fingerprint density at radius 1 is 1.07 bits per heavy atom. The number of carbonyl (C=O) groups is 1. The Balaban J connectivity index is 1.33. The van der Waals surface area contributed by atoms with E-state index in [9.17, 15) is 4.79 Å². The molecule has 1 saturated carbocycles. The lowest BCUT2D eigenvalue weighted by atomic mass is 9.94. The maximum Gasteiger partial charge on any atom is 0.274 e. The summed E-state index contributed by atoms with van der Waals surface area (Å²) in [6.45, 7) is 3.94. The van der Waals surface area contributed by atoms with Gasteiger partial charge in [0.25, 0.3) is 5.91 Å². The summed E-state index contributed by atoms with van der Waals surface area (Å²) in [5.74, 6) is 0.904. The van der Waals surface area contributed by atoms with E-state index in [0.717, 1.165) is 54.8 Å². The lowest BCUT2D eigenvalue weighted by molar-refractivity contribution is 0.0515. The number of carbonyl (C=O) groups excluding carboxylic acids is 1. The second-order valence-electron chi connectivity index (χ2n) is 8.20. The fourth-order valence-corrected chi connectivity index (χ4v) is 5.04. The first-order valence-electron chi connectivity index (χ1n) is 10.5. The van der Waals surface area contributed by atoms with Crippen LogP contribution in [-0.2, 0) is 13.7 Å². The molecule has 3 aliphatic rings. The molecule has 1 aromatic heterocycles. The smallest absolute Gasteiger partial charge is 0.274 e. The molecule has 6 nitrogen and oxygen atoms in total. The lowest BCUT2D eigenvalue weighted by Crippen LogP contribution is -2.52. The van der Waals surface area contributed by atoms with Gasteiger partial charge in [0.1, 0.15) is 12.4 Å². The highest BCUT2D eigenvalue weighted by molar-refractivity contribution is 5.96. The van der Waals surface area contributed by atoms with E-state index in [1.165, 1.54) is 32.1 Å². The van der Waals surface area contributed by atoms with Crippen molar-refractivity contribution in [3.8, 4) is 17.0 Å². The Hall–Kier alpha value is -2.34. The monoisotopic (exact) mass is 380 g/mol. The van der Waals surface area contributed by atoms with Gasteiger partial charge in [-0.1, -0.05) is 31.4 Å². The molecule has 6 heteroatoms. The van der Waals surface area contributed by atoms with E-state index in [1.807, 2.05) is 40.9 Å². The molecule has 5 rings (SSSR count). The molecular weight excluding hydrogens is 352 g/mol. The van der Waals surface area contributed by atoms with E-state index < -0.39 is 0 Å². The van der Waals surface area contributed by atoms with Crippen molar-refractivity contribution in [1.29, 1.82) is 0 Å². The highest BCUT2D eigenvalue weighted by Crippen LogP contribution is 2.38. The van der Waals surface area contributed by atoms with Gasteiger partial charge in [-0.2, -0.15) is 5.10 Å². The number of ether oxygens (including phenoxy) is 1. The number of benzene rings is 1. The topological polar surface area (TPSA) is 50.6 Å². The van der Waals surface area contributed by atoms with Crippen LogP contribution < -0.4 is 4.74 Å². The molecule has 1 aromatic carbocycles. The lowest BCUT2D eigenvalue weighted by Gasteiger charge is -2.40. The maximum atomic E-state index is 13.3. The second-order valence-corrected chi connectivity index (χ2v) is 8.20. The Morgan fingerprint density at radius 3 is 2.61 bits per heavy atom. The van der Waals surface area contributed by atoms with Crippen LogP contribution in [0.4, 0.5) is 0 Å². The summed E-state index contributed by atoms with van der Waals surface area (Å²) in [5.41, 5.74) is 3.49. The zero-order valence-corrected chi connectivity index (χ0v) is 16.6. The van der Waals surface area contributed by atoms with Crippen molar-refractivity contribution in [2.75, 3.05) is 26.2 Å². The number of fused-ring (bicyclic) bond motifs is 3. The van der Waals surface area contributed by atoms with Crippen LogP contribution in [-0.4, -0.2) is 57.7 Å². The molecule has 2 aromatic rings. The molecule has 0 atom stereocenters. The molecule has 1 aliphatic carbocycles. The molecule has 2 fully saturated rings. The van der Waals surface area contributed by atoms with Crippen LogP contribution in [0.15, 0.2) is 24.3 Å². The van der Waals surface area contributed by atoms with Crippen LogP contribution in [0.5, 0.6) is 5.75 Å². The van der Waals surface area contributed by atoms with E-state index in [-0.39, 0.29) is 5.91 Å². The average Bonchev–Trinajstić information content (AvgIpc) is 3.11. The number of para-hydroxylation sites is 1. The van der Waals surface area contributed by atoms with Crippen molar-refractivity contribution >= 4 is 5.91 Å². The van der Waals surface area contributed by atoms with E-state index in [2.05, 4.69) is 10.00 Å². The maximum absolute atomic E-state index is 13.3. The van der Waals surface area contributed by atoms with Gasteiger partial charge in [0.15, 0.2) is 5.69 Å².